The summed E-state index contributed by atoms with van der Waals surface area (Å²) in [6.45, 7) is 0.418. The van der Waals surface area contributed by atoms with E-state index < -0.39 is 6.09 Å². The van der Waals surface area contributed by atoms with Crippen LogP contribution in [-0.4, -0.2) is 11.2 Å². The van der Waals surface area contributed by atoms with E-state index in [9.17, 15) is 9.18 Å². The number of carboxylic acid groups (broad SMARTS) is 1. The van der Waals surface area contributed by atoms with Gasteiger partial charge in [-0.25, -0.2) is 9.18 Å². The fourth-order valence-corrected chi connectivity index (χ4v) is 2.29. The van der Waals surface area contributed by atoms with Gasteiger partial charge in [-0.05, 0) is 36.4 Å². The van der Waals surface area contributed by atoms with Gasteiger partial charge in [0.25, 0.3) is 0 Å². The van der Waals surface area contributed by atoms with E-state index in [0.717, 1.165) is 5.56 Å². The van der Waals surface area contributed by atoms with Gasteiger partial charge in [0.2, 0.25) is 0 Å². The fourth-order valence-electron chi connectivity index (χ4n) is 2.29. The maximum absolute atomic E-state index is 13.3. The van der Waals surface area contributed by atoms with Gasteiger partial charge in [0.1, 0.15) is 11.4 Å². The Morgan fingerprint density at radius 1 is 1.26 bits per heavy atom. The molecule has 3 aromatic rings. The highest BCUT2D eigenvalue weighted by molar-refractivity contribution is 5.88. The van der Waals surface area contributed by atoms with Crippen molar-refractivity contribution in [2.75, 3.05) is 16.4 Å². The Bertz CT molecular complexity index is 876. The van der Waals surface area contributed by atoms with Crippen LogP contribution in [0.25, 0.3) is 11.0 Å². The molecule has 0 aliphatic rings. The largest absolute Gasteiger partial charge is 0.465 e. The van der Waals surface area contributed by atoms with Gasteiger partial charge >= 0.3 is 6.09 Å². The molecule has 0 radical (unpaired) electrons. The van der Waals surface area contributed by atoms with Crippen molar-refractivity contribution in [3.05, 3.63) is 54.0 Å². The number of nitrogens with one attached hydrogen (secondary N) is 2. The SMILES string of the molecule is Nc1cc(NCc2coc3ccc(F)cc23)ccc1NC(=O)O. The van der Waals surface area contributed by atoms with Crippen molar-refractivity contribution in [2.24, 2.45) is 0 Å². The van der Waals surface area contributed by atoms with Crippen LogP contribution in [0.3, 0.4) is 0 Å². The molecule has 7 heteroatoms. The van der Waals surface area contributed by atoms with Crippen molar-refractivity contribution in [1.29, 1.82) is 0 Å². The van der Waals surface area contributed by atoms with Crippen LogP contribution >= 0.6 is 0 Å². The lowest BCUT2D eigenvalue weighted by atomic mass is 10.1. The molecule has 1 amide bonds. The quantitative estimate of drug-likeness (QED) is 0.548. The molecule has 0 spiro atoms. The third kappa shape index (κ3) is 3.18. The normalized spacial score (nSPS) is 10.7. The van der Waals surface area contributed by atoms with E-state index in [0.29, 0.717) is 34.6 Å². The van der Waals surface area contributed by atoms with Crippen LogP contribution < -0.4 is 16.4 Å². The first-order chi connectivity index (χ1) is 11.0. The van der Waals surface area contributed by atoms with E-state index in [2.05, 4.69) is 10.6 Å². The molecule has 0 aliphatic heterocycles. The van der Waals surface area contributed by atoms with Gasteiger partial charge in [0.15, 0.2) is 0 Å². The summed E-state index contributed by atoms with van der Waals surface area (Å²) in [4.78, 5) is 10.6. The van der Waals surface area contributed by atoms with Gasteiger partial charge in [-0.2, -0.15) is 0 Å². The molecule has 0 unspecified atom stereocenters. The van der Waals surface area contributed by atoms with Crippen LogP contribution in [0.5, 0.6) is 0 Å². The molecule has 6 nitrogen and oxygen atoms in total. The number of furan rings is 1. The van der Waals surface area contributed by atoms with Crippen LogP contribution in [-0.2, 0) is 6.54 Å². The zero-order chi connectivity index (χ0) is 16.4. The highest BCUT2D eigenvalue weighted by Crippen LogP contribution is 2.25. The lowest BCUT2D eigenvalue weighted by Gasteiger charge is -2.09. The molecule has 23 heavy (non-hydrogen) atoms. The van der Waals surface area contributed by atoms with Gasteiger partial charge < -0.3 is 20.6 Å². The first-order valence-corrected chi connectivity index (χ1v) is 6.82. The summed E-state index contributed by atoms with van der Waals surface area (Å²) in [6, 6.07) is 9.23. The Labute approximate surface area is 130 Å². The average molecular weight is 315 g/mol. The molecule has 0 fully saturated rings. The van der Waals surface area contributed by atoms with E-state index in [1.807, 2.05) is 0 Å². The number of nitrogens with two attached hydrogens (primary N) is 1. The number of nitrogen functional groups attached to an aromatic ring is 1. The van der Waals surface area contributed by atoms with Crippen molar-refractivity contribution >= 4 is 34.1 Å². The van der Waals surface area contributed by atoms with Crippen LogP contribution in [0.2, 0.25) is 0 Å². The first kappa shape index (κ1) is 14.7. The number of benzene rings is 2. The molecule has 0 saturated carbocycles. The molecule has 5 N–H and O–H groups in total. The molecule has 118 valence electrons. The number of rotatable bonds is 4. The molecule has 0 aliphatic carbocycles. The van der Waals surface area contributed by atoms with E-state index in [4.69, 9.17) is 15.3 Å². The number of hydrogen-bond donors (Lipinski definition) is 4. The van der Waals surface area contributed by atoms with Crippen molar-refractivity contribution in [2.45, 2.75) is 6.54 Å². The predicted molar refractivity (Wildman–Crippen MR) is 86.0 cm³/mol. The van der Waals surface area contributed by atoms with E-state index >= 15 is 0 Å². The predicted octanol–water partition coefficient (Wildman–Crippen LogP) is 3.86. The maximum atomic E-state index is 13.3. The molecule has 2 aromatic carbocycles. The van der Waals surface area contributed by atoms with Gasteiger partial charge in [0, 0.05) is 23.2 Å². The van der Waals surface area contributed by atoms with Crippen LogP contribution in [0.1, 0.15) is 5.56 Å². The first-order valence-electron chi connectivity index (χ1n) is 6.82. The third-order valence-electron chi connectivity index (χ3n) is 3.39. The lowest BCUT2D eigenvalue weighted by Crippen LogP contribution is -2.09. The molecule has 0 bridgehead atoms. The standard InChI is InChI=1S/C16H14FN3O3/c17-10-1-4-15-12(5-10)9(8-23-15)7-19-11-2-3-14(13(18)6-11)20-16(21)22/h1-6,8,19-20H,7,18H2,(H,21,22). The number of carbonyl (C=O) groups is 1. The Hall–Kier alpha value is -3.22. The molecule has 0 atom stereocenters. The summed E-state index contributed by atoms with van der Waals surface area (Å²) >= 11 is 0. The fraction of sp³-hybridized carbons (Fsp3) is 0.0625. The second-order valence-corrected chi connectivity index (χ2v) is 4.99. The summed E-state index contributed by atoms with van der Waals surface area (Å²) < 4.78 is 18.7. The van der Waals surface area contributed by atoms with Crippen molar-refractivity contribution < 1.29 is 18.7 Å². The zero-order valence-corrected chi connectivity index (χ0v) is 12.0. The highest BCUT2D eigenvalue weighted by Gasteiger charge is 2.08. The van der Waals surface area contributed by atoms with Crippen LogP contribution in [0.15, 0.2) is 47.1 Å². The van der Waals surface area contributed by atoms with E-state index in [1.165, 1.54) is 12.1 Å². The summed E-state index contributed by atoms with van der Waals surface area (Å²) in [7, 11) is 0. The lowest BCUT2D eigenvalue weighted by molar-refractivity contribution is 0.210. The third-order valence-corrected chi connectivity index (χ3v) is 3.39. The molecule has 3 rings (SSSR count). The Kier molecular flexibility index (Phi) is 3.76. The Balaban J connectivity index is 1.76. The van der Waals surface area contributed by atoms with Crippen LogP contribution in [0, 0.1) is 5.82 Å². The molecular formula is C16H14FN3O3. The second-order valence-electron chi connectivity index (χ2n) is 4.99. The minimum atomic E-state index is -1.18. The number of anilines is 3. The van der Waals surface area contributed by atoms with E-state index in [1.54, 1.807) is 30.5 Å². The second kappa shape index (κ2) is 5.88. The number of fused-ring (bicyclic) bond motifs is 1. The minimum absolute atomic E-state index is 0.306. The molecular weight excluding hydrogens is 301 g/mol. The monoisotopic (exact) mass is 315 g/mol. The molecule has 0 saturated heterocycles. The number of halogens is 1. The summed E-state index contributed by atoms with van der Waals surface area (Å²) in [5.74, 6) is -0.325. The van der Waals surface area contributed by atoms with Gasteiger partial charge in [-0.1, -0.05) is 0 Å². The topological polar surface area (TPSA) is 101 Å². The van der Waals surface area contributed by atoms with Gasteiger partial charge in [-0.15, -0.1) is 0 Å². The Morgan fingerprint density at radius 2 is 2.09 bits per heavy atom. The minimum Gasteiger partial charge on any atom is -0.465 e. The van der Waals surface area contributed by atoms with Gasteiger partial charge in [0.05, 0.1) is 17.6 Å². The zero-order valence-electron chi connectivity index (χ0n) is 12.0. The summed E-state index contributed by atoms with van der Waals surface area (Å²) in [6.07, 6.45) is 0.394. The smallest absolute Gasteiger partial charge is 0.409 e. The maximum Gasteiger partial charge on any atom is 0.409 e. The van der Waals surface area contributed by atoms with E-state index in [-0.39, 0.29) is 5.82 Å². The van der Waals surface area contributed by atoms with Gasteiger partial charge in [-0.3, -0.25) is 5.32 Å². The highest BCUT2D eigenvalue weighted by atomic mass is 19.1. The van der Waals surface area contributed by atoms with Crippen LogP contribution in [0.4, 0.5) is 26.2 Å². The number of amides is 1. The number of hydrogen-bond acceptors (Lipinski definition) is 4. The van der Waals surface area contributed by atoms with Crippen molar-refractivity contribution in [3.8, 4) is 0 Å². The van der Waals surface area contributed by atoms with Crippen molar-refractivity contribution in [1.82, 2.24) is 0 Å². The summed E-state index contributed by atoms with van der Waals surface area (Å²) in [5, 5.41) is 14.7. The molecule has 1 aromatic heterocycles. The Morgan fingerprint density at radius 3 is 2.83 bits per heavy atom. The average Bonchev–Trinajstić information content (AvgIpc) is 2.89. The summed E-state index contributed by atoms with van der Waals surface area (Å²) in [5.41, 5.74) is 8.56. The molecule has 1 heterocycles. The van der Waals surface area contributed by atoms with Crippen molar-refractivity contribution in [3.63, 3.8) is 0 Å².